The van der Waals surface area contributed by atoms with Crippen LogP contribution in [-0.4, -0.2) is 25.0 Å². The second-order valence-electron chi connectivity index (χ2n) is 4.66. The van der Waals surface area contributed by atoms with Gasteiger partial charge in [-0.25, -0.2) is 4.79 Å². The molecule has 1 aliphatic rings. The lowest BCUT2D eigenvalue weighted by molar-refractivity contribution is -0.120. The van der Waals surface area contributed by atoms with E-state index >= 15 is 0 Å². The van der Waals surface area contributed by atoms with Gasteiger partial charge in [0.15, 0.2) is 5.78 Å². The Morgan fingerprint density at radius 2 is 1.83 bits per heavy atom. The van der Waals surface area contributed by atoms with Crippen molar-refractivity contribution in [2.45, 2.75) is 25.8 Å². The van der Waals surface area contributed by atoms with Gasteiger partial charge in [0, 0.05) is 0 Å². The number of ether oxygens (including phenoxy) is 1. The molecule has 0 aromatic heterocycles. The quantitative estimate of drug-likeness (QED) is 0.884. The smallest absolute Gasteiger partial charge is 0.407 e. The number of benzene rings is 1. The molecule has 0 heterocycles. The van der Waals surface area contributed by atoms with Crippen molar-refractivity contribution in [1.29, 1.82) is 0 Å². The normalized spacial score (nSPS) is 15.9. The summed E-state index contributed by atoms with van der Waals surface area (Å²) < 4.78 is 4.57. The van der Waals surface area contributed by atoms with Crippen molar-refractivity contribution >= 4 is 11.9 Å². The van der Waals surface area contributed by atoms with Crippen LogP contribution in [0.15, 0.2) is 24.3 Å². The zero-order chi connectivity index (χ0) is 13.1. The molecule has 1 unspecified atom stereocenters. The van der Waals surface area contributed by atoms with Crippen LogP contribution in [0.25, 0.3) is 0 Å². The fourth-order valence-corrected chi connectivity index (χ4v) is 2.57. The fourth-order valence-electron chi connectivity index (χ4n) is 2.57. The molecule has 1 atom stereocenters. The van der Waals surface area contributed by atoms with Gasteiger partial charge in [0.1, 0.15) is 0 Å². The Hall–Kier alpha value is -1.84. The van der Waals surface area contributed by atoms with Gasteiger partial charge in [0.25, 0.3) is 0 Å². The van der Waals surface area contributed by atoms with Gasteiger partial charge in [0.2, 0.25) is 0 Å². The molecule has 0 saturated carbocycles. The van der Waals surface area contributed by atoms with Gasteiger partial charge in [-0.15, -0.1) is 0 Å². The van der Waals surface area contributed by atoms with Crippen LogP contribution in [0.4, 0.5) is 4.79 Å². The number of carbonyl (C=O) groups is 2. The number of amides is 1. The van der Waals surface area contributed by atoms with Gasteiger partial charge in [-0.1, -0.05) is 24.3 Å². The van der Waals surface area contributed by atoms with E-state index in [9.17, 15) is 9.59 Å². The SMILES string of the molecule is COC(=O)NC(C(C)=O)C1Cc2ccccc2C1. The molecule has 2 rings (SSSR count). The van der Waals surface area contributed by atoms with Gasteiger partial charge in [-0.2, -0.15) is 0 Å². The number of methoxy groups -OCH3 is 1. The Balaban J connectivity index is 2.11. The maximum Gasteiger partial charge on any atom is 0.407 e. The minimum absolute atomic E-state index is 0.0294. The first-order valence-electron chi connectivity index (χ1n) is 6.03. The molecular formula is C14H17NO3. The molecule has 1 aliphatic carbocycles. The highest BCUT2D eigenvalue weighted by atomic mass is 16.5. The minimum Gasteiger partial charge on any atom is -0.453 e. The molecule has 18 heavy (non-hydrogen) atoms. The van der Waals surface area contributed by atoms with Gasteiger partial charge in [-0.3, -0.25) is 4.79 Å². The molecule has 0 fully saturated rings. The van der Waals surface area contributed by atoms with E-state index in [0.29, 0.717) is 0 Å². The lowest BCUT2D eigenvalue weighted by Gasteiger charge is -2.21. The third-order valence-electron chi connectivity index (χ3n) is 3.45. The van der Waals surface area contributed by atoms with Crippen LogP contribution >= 0.6 is 0 Å². The van der Waals surface area contributed by atoms with E-state index in [1.807, 2.05) is 12.1 Å². The summed E-state index contributed by atoms with van der Waals surface area (Å²) in [5.74, 6) is 0.0946. The maximum absolute atomic E-state index is 11.7. The fraction of sp³-hybridized carbons (Fsp3) is 0.429. The van der Waals surface area contributed by atoms with Crippen molar-refractivity contribution in [1.82, 2.24) is 5.32 Å². The van der Waals surface area contributed by atoms with Gasteiger partial charge >= 0.3 is 6.09 Å². The van der Waals surface area contributed by atoms with E-state index < -0.39 is 12.1 Å². The second kappa shape index (κ2) is 5.21. The number of ketones is 1. The lowest BCUT2D eigenvalue weighted by atomic mass is 9.94. The molecule has 1 aromatic rings. The number of carbonyl (C=O) groups excluding carboxylic acids is 2. The number of rotatable bonds is 3. The average molecular weight is 247 g/mol. The predicted molar refractivity (Wildman–Crippen MR) is 67.3 cm³/mol. The second-order valence-corrected chi connectivity index (χ2v) is 4.66. The van der Waals surface area contributed by atoms with Crippen molar-refractivity contribution in [3.8, 4) is 0 Å². The van der Waals surface area contributed by atoms with E-state index in [1.54, 1.807) is 0 Å². The van der Waals surface area contributed by atoms with E-state index in [4.69, 9.17) is 0 Å². The number of nitrogens with one attached hydrogen (secondary N) is 1. The standard InChI is InChI=1S/C14H17NO3/c1-9(16)13(15-14(17)18-2)12-7-10-5-3-4-6-11(10)8-12/h3-6,12-13H,7-8H2,1-2H3,(H,15,17). The third kappa shape index (κ3) is 2.53. The summed E-state index contributed by atoms with van der Waals surface area (Å²) in [4.78, 5) is 22.9. The Labute approximate surface area is 106 Å². The molecule has 1 amide bonds. The largest absolute Gasteiger partial charge is 0.453 e. The Morgan fingerprint density at radius 3 is 2.28 bits per heavy atom. The van der Waals surface area contributed by atoms with Crippen LogP contribution in [0.1, 0.15) is 18.1 Å². The topological polar surface area (TPSA) is 55.4 Å². The van der Waals surface area contributed by atoms with Gasteiger partial charge in [-0.05, 0) is 36.8 Å². The monoisotopic (exact) mass is 247 g/mol. The predicted octanol–water partition coefficient (Wildman–Crippen LogP) is 1.71. The lowest BCUT2D eigenvalue weighted by Crippen LogP contribution is -2.45. The van der Waals surface area contributed by atoms with Crippen molar-refractivity contribution in [2.24, 2.45) is 5.92 Å². The molecule has 1 aromatic carbocycles. The molecule has 0 saturated heterocycles. The van der Waals surface area contributed by atoms with Crippen LogP contribution in [0.2, 0.25) is 0 Å². The average Bonchev–Trinajstić information content (AvgIpc) is 2.78. The van der Waals surface area contributed by atoms with Crippen molar-refractivity contribution in [3.63, 3.8) is 0 Å². The molecule has 0 aliphatic heterocycles. The minimum atomic E-state index is -0.550. The first kappa shape index (κ1) is 12.6. The Bertz CT molecular complexity index is 445. The highest BCUT2D eigenvalue weighted by molar-refractivity contribution is 5.85. The van der Waals surface area contributed by atoms with Crippen LogP contribution < -0.4 is 5.32 Å². The van der Waals surface area contributed by atoms with E-state index in [1.165, 1.54) is 25.2 Å². The Morgan fingerprint density at radius 1 is 1.28 bits per heavy atom. The molecule has 0 radical (unpaired) electrons. The van der Waals surface area contributed by atoms with Crippen LogP contribution in [0, 0.1) is 5.92 Å². The number of hydrogen-bond acceptors (Lipinski definition) is 3. The summed E-state index contributed by atoms with van der Waals surface area (Å²) in [6.07, 6.45) is 1.10. The number of Topliss-reactive ketones (excluding diaryl/α,β-unsaturated/α-hetero) is 1. The zero-order valence-electron chi connectivity index (χ0n) is 10.6. The number of fused-ring (bicyclic) bond motifs is 1. The summed E-state index contributed by atoms with van der Waals surface area (Å²) in [6.45, 7) is 1.50. The zero-order valence-corrected chi connectivity index (χ0v) is 10.6. The van der Waals surface area contributed by atoms with Crippen molar-refractivity contribution in [3.05, 3.63) is 35.4 Å². The summed E-state index contributed by atoms with van der Waals surface area (Å²) in [5, 5.41) is 2.63. The summed E-state index contributed by atoms with van der Waals surface area (Å²) in [7, 11) is 1.30. The first-order valence-corrected chi connectivity index (χ1v) is 6.03. The highest BCUT2D eigenvalue weighted by Gasteiger charge is 2.32. The first-order chi connectivity index (χ1) is 8.61. The molecule has 0 spiro atoms. The Kier molecular flexibility index (Phi) is 3.65. The highest BCUT2D eigenvalue weighted by Crippen LogP contribution is 2.29. The molecule has 0 bridgehead atoms. The molecule has 1 N–H and O–H groups in total. The van der Waals surface area contributed by atoms with Crippen LogP contribution in [0.5, 0.6) is 0 Å². The van der Waals surface area contributed by atoms with Crippen LogP contribution in [0.3, 0.4) is 0 Å². The van der Waals surface area contributed by atoms with Crippen molar-refractivity contribution < 1.29 is 14.3 Å². The number of alkyl carbamates (subject to hydrolysis) is 1. The molecule has 96 valence electrons. The van der Waals surface area contributed by atoms with Crippen LogP contribution in [-0.2, 0) is 22.4 Å². The summed E-state index contributed by atoms with van der Waals surface area (Å²) >= 11 is 0. The van der Waals surface area contributed by atoms with E-state index in [0.717, 1.165) is 12.8 Å². The molecule has 4 heteroatoms. The summed E-state index contributed by atoms with van der Waals surface area (Å²) in [5.41, 5.74) is 2.53. The maximum atomic E-state index is 11.7. The van der Waals surface area contributed by atoms with Gasteiger partial charge in [0.05, 0.1) is 13.2 Å². The van der Waals surface area contributed by atoms with Gasteiger partial charge < -0.3 is 10.1 Å². The number of hydrogen-bond donors (Lipinski definition) is 1. The molecule has 4 nitrogen and oxygen atoms in total. The van der Waals surface area contributed by atoms with E-state index in [-0.39, 0.29) is 11.7 Å². The van der Waals surface area contributed by atoms with E-state index in [2.05, 4.69) is 22.2 Å². The van der Waals surface area contributed by atoms with Crippen molar-refractivity contribution in [2.75, 3.05) is 7.11 Å². The summed E-state index contributed by atoms with van der Waals surface area (Å²) in [6, 6.07) is 7.68. The molecular weight excluding hydrogens is 230 g/mol. The third-order valence-corrected chi connectivity index (χ3v) is 3.45.